The predicted molar refractivity (Wildman–Crippen MR) is 65.9 cm³/mol. The Balaban J connectivity index is 2.23. The molecule has 0 aliphatic carbocycles. The molecule has 0 unspecified atom stereocenters. The lowest BCUT2D eigenvalue weighted by molar-refractivity contribution is 0.155. The SMILES string of the molecule is C=CCNC(=S)N/N=C\C1=CCCOC1. The normalized spacial score (nSPS) is 15.9. The highest BCUT2D eigenvalue weighted by molar-refractivity contribution is 7.80. The maximum Gasteiger partial charge on any atom is 0.187 e. The molecule has 4 nitrogen and oxygen atoms in total. The van der Waals surface area contributed by atoms with Crippen LogP contribution in [0.4, 0.5) is 0 Å². The lowest BCUT2D eigenvalue weighted by Crippen LogP contribution is -2.32. The highest BCUT2D eigenvalue weighted by Gasteiger charge is 1.99. The van der Waals surface area contributed by atoms with E-state index in [1.165, 1.54) is 0 Å². The molecule has 82 valence electrons. The van der Waals surface area contributed by atoms with E-state index in [1.807, 2.05) is 0 Å². The molecule has 1 heterocycles. The lowest BCUT2D eigenvalue weighted by atomic mass is 10.2. The fourth-order valence-corrected chi connectivity index (χ4v) is 1.18. The van der Waals surface area contributed by atoms with Gasteiger partial charge in [0.25, 0.3) is 0 Å². The van der Waals surface area contributed by atoms with Crippen molar-refractivity contribution in [3.63, 3.8) is 0 Å². The average Bonchev–Trinajstić information content (AvgIpc) is 2.28. The van der Waals surface area contributed by atoms with E-state index in [-0.39, 0.29) is 0 Å². The Morgan fingerprint density at radius 1 is 1.73 bits per heavy atom. The number of ether oxygens (including phenoxy) is 1. The molecule has 0 fully saturated rings. The van der Waals surface area contributed by atoms with Gasteiger partial charge >= 0.3 is 0 Å². The van der Waals surface area contributed by atoms with Crippen LogP contribution in [-0.4, -0.2) is 31.1 Å². The van der Waals surface area contributed by atoms with E-state index in [1.54, 1.807) is 12.3 Å². The van der Waals surface area contributed by atoms with Gasteiger partial charge in [-0.1, -0.05) is 12.2 Å². The van der Waals surface area contributed by atoms with Crippen molar-refractivity contribution in [3.05, 3.63) is 24.3 Å². The van der Waals surface area contributed by atoms with E-state index in [9.17, 15) is 0 Å². The minimum Gasteiger partial charge on any atom is -0.376 e. The molecule has 0 aromatic heterocycles. The van der Waals surface area contributed by atoms with Gasteiger partial charge in [-0.15, -0.1) is 6.58 Å². The smallest absolute Gasteiger partial charge is 0.187 e. The molecule has 0 saturated heterocycles. The zero-order valence-corrected chi connectivity index (χ0v) is 9.35. The minimum absolute atomic E-state index is 0.489. The van der Waals surface area contributed by atoms with Crippen LogP contribution in [0, 0.1) is 0 Å². The third-order valence-corrected chi connectivity index (χ3v) is 1.98. The molecule has 0 radical (unpaired) electrons. The Labute approximate surface area is 95.1 Å². The molecule has 1 rings (SSSR count). The molecule has 0 amide bonds. The minimum atomic E-state index is 0.489. The summed E-state index contributed by atoms with van der Waals surface area (Å²) in [7, 11) is 0. The highest BCUT2D eigenvalue weighted by atomic mass is 32.1. The first-order valence-corrected chi connectivity index (χ1v) is 5.18. The van der Waals surface area contributed by atoms with E-state index in [2.05, 4.69) is 28.5 Å². The Hall–Kier alpha value is -1.20. The van der Waals surface area contributed by atoms with Crippen LogP contribution in [0.5, 0.6) is 0 Å². The van der Waals surface area contributed by atoms with E-state index >= 15 is 0 Å². The zero-order chi connectivity index (χ0) is 10.9. The van der Waals surface area contributed by atoms with Gasteiger partial charge in [0, 0.05) is 6.54 Å². The second-order valence-corrected chi connectivity index (χ2v) is 3.40. The van der Waals surface area contributed by atoms with Crippen molar-refractivity contribution in [2.45, 2.75) is 6.42 Å². The maximum absolute atomic E-state index is 5.26. The van der Waals surface area contributed by atoms with Gasteiger partial charge in [0.2, 0.25) is 0 Å². The Morgan fingerprint density at radius 2 is 2.60 bits per heavy atom. The number of hydrogen-bond acceptors (Lipinski definition) is 3. The van der Waals surface area contributed by atoms with E-state index in [4.69, 9.17) is 17.0 Å². The van der Waals surface area contributed by atoms with Crippen molar-refractivity contribution in [2.24, 2.45) is 5.10 Å². The van der Waals surface area contributed by atoms with Crippen LogP contribution >= 0.6 is 12.2 Å². The monoisotopic (exact) mass is 225 g/mol. The van der Waals surface area contributed by atoms with Gasteiger partial charge in [-0.2, -0.15) is 5.10 Å². The Morgan fingerprint density at radius 3 is 3.27 bits per heavy atom. The van der Waals surface area contributed by atoms with Crippen molar-refractivity contribution < 1.29 is 4.74 Å². The summed E-state index contributed by atoms with van der Waals surface area (Å²) in [6, 6.07) is 0. The van der Waals surface area contributed by atoms with Gasteiger partial charge in [-0.05, 0) is 24.2 Å². The summed E-state index contributed by atoms with van der Waals surface area (Å²) < 4.78 is 5.26. The van der Waals surface area contributed by atoms with Crippen molar-refractivity contribution in [2.75, 3.05) is 19.8 Å². The topological polar surface area (TPSA) is 45.7 Å². The van der Waals surface area contributed by atoms with Gasteiger partial charge in [0.1, 0.15) is 0 Å². The average molecular weight is 225 g/mol. The second kappa shape index (κ2) is 7.14. The first-order chi connectivity index (χ1) is 7.33. The van der Waals surface area contributed by atoms with Crippen molar-refractivity contribution in [1.29, 1.82) is 0 Å². The summed E-state index contributed by atoms with van der Waals surface area (Å²) in [5.74, 6) is 0. The molecule has 0 bridgehead atoms. The molecule has 0 atom stereocenters. The number of hydrazone groups is 1. The van der Waals surface area contributed by atoms with E-state index < -0.39 is 0 Å². The molecule has 0 spiro atoms. The molecular weight excluding hydrogens is 210 g/mol. The van der Waals surface area contributed by atoms with Crippen molar-refractivity contribution in [3.8, 4) is 0 Å². The maximum atomic E-state index is 5.26. The fourth-order valence-electron chi connectivity index (χ4n) is 1.04. The number of rotatable bonds is 4. The lowest BCUT2D eigenvalue weighted by Gasteiger charge is -2.09. The van der Waals surface area contributed by atoms with Gasteiger partial charge in [-0.3, -0.25) is 5.43 Å². The molecule has 0 aromatic rings. The fraction of sp³-hybridized carbons (Fsp3) is 0.400. The second-order valence-electron chi connectivity index (χ2n) is 2.99. The first-order valence-electron chi connectivity index (χ1n) is 4.77. The highest BCUT2D eigenvalue weighted by Crippen LogP contribution is 2.02. The zero-order valence-electron chi connectivity index (χ0n) is 8.53. The molecule has 1 aliphatic heterocycles. The number of nitrogens with one attached hydrogen (secondary N) is 2. The van der Waals surface area contributed by atoms with Gasteiger partial charge in [0.05, 0.1) is 19.4 Å². The third kappa shape index (κ3) is 5.29. The molecule has 2 N–H and O–H groups in total. The summed E-state index contributed by atoms with van der Waals surface area (Å²) in [5, 5.41) is 7.38. The van der Waals surface area contributed by atoms with E-state index in [0.29, 0.717) is 18.3 Å². The molecule has 0 saturated carbocycles. The van der Waals surface area contributed by atoms with Crippen LogP contribution in [0.1, 0.15) is 6.42 Å². The van der Waals surface area contributed by atoms with Crippen LogP contribution in [0.15, 0.2) is 29.4 Å². The molecule has 15 heavy (non-hydrogen) atoms. The summed E-state index contributed by atoms with van der Waals surface area (Å²) in [6.07, 6.45) is 6.51. The Bertz CT molecular complexity index is 286. The van der Waals surface area contributed by atoms with Gasteiger partial charge in [0.15, 0.2) is 5.11 Å². The molecule has 5 heteroatoms. The number of hydrogen-bond donors (Lipinski definition) is 2. The number of nitrogens with zero attached hydrogens (tertiary/aromatic N) is 1. The molecular formula is C10H15N3OS. The summed E-state index contributed by atoms with van der Waals surface area (Å²) in [4.78, 5) is 0. The van der Waals surface area contributed by atoms with Crippen molar-refractivity contribution >= 4 is 23.5 Å². The van der Waals surface area contributed by atoms with Crippen LogP contribution in [0.25, 0.3) is 0 Å². The first kappa shape index (κ1) is 11.9. The van der Waals surface area contributed by atoms with Crippen LogP contribution in [-0.2, 0) is 4.74 Å². The summed E-state index contributed by atoms with van der Waals surface area (Å²) >= 11 is 4.95. The largest absolute Gasteiger partial charge is 0.376 e. The Kier molecular flexibility index (Phi) is 5.65. The molecule has 0 aromatic carbocycles. The summed E-state index contributed by atoms with van der Waals surface area (Å²) in [5.41, 5.74) is 3.78. The van der Waals surface area contributed by atoms with Crippen LogP contribution in [0.3, 0.4) is 0 Å². The van der Waals surface area contributed by atoms with Gasteiger partial charge < -0.3 is 10.1 Å². The van der Waals surface area contributed by atoms with Crippen LogP contribution in [0.2, 0.25) is 0 Å². The van der Waals surface area contributed by atoms with Crippen molar-refractivity contribution in [1.82, 2.24) is 10.7 Å². The van der Waals surface area contributed by atoms with Gasteiger partial charge in [-0.25, -0.2) is 0 Å². The predicted octanol–water partition coefficient (Wildman–Crippen LogP) is 0.969. The number of thiocarbonyl (C=S) groups is 1. The van der Waals surface area contributed by atoms with E-state index in [0.717, 1.165) is 18.6 Å². The standard InChI is InChI=1S/C10H15N3OS/c1-2-5-11-10(15)13-12-7-9-4-3-6-14-8-9/h2,4,7H,1,3,5-6,8H2,(H2,11,13,15)/b12-7-. The molecule has 1 aliphatic rings. The quantitative estimate of drug-likeness (QED) is 0.324. The summed E-state index contributed by atoms with van der Waals surface area (Å²) in [6.45, 7) is 5.62. The van der Waals surface area contributed by atoms with Crippen LogP contribution < -0.4 is 10.7 Å². The third-order valence-electron chi connectivity index (χ3n) is 1.74.